The van der Waals surface area contributed by atoms with Gasteiger partial charge in [-0.3, -0.25) is 14.9 Å². The van der Waals surface area contributed by atoms with Crippen LogP contribution >= 0.6 is 11.3 Å². The lowest BCUT2D eigenvalue weighted by Crippen LogP contribution is -2.56. The predicted molar refractivity (Wildman–Crippen MR) is 101 cm³/mol. The highest BCUT2D eigenvalue weighted by Gasteiger charge is 2.39. The molecular formula is C18H25N5O3S. The normalized spacial score (nSPS) is 20.9. The van der Waals surface area contributed by atoms with Gasteiger partial charge in [0, 0.05) is 49.7 Å². The van der Waals surface area contributed by atoms with Gasteiger partial charge in [0.25, 0.3) is 0 Å². The number of nitrogens with one attached hydrogen (secondary N) is 1. The van der Waals surface area contributed by atoms with Gasteiger partial charge >= 0.3 is 5.97 Å². The van der Waals surface area contributed by atoms with Crippen LogP contribution in [0.1, 0.15) is 39.5 Å². The minimum Gasteiger partial charge on any atom is -0.477 e. The molecule has 146 valence electrons. The molecule has 0 saturated carbocycles. The number of piperidine rings is 1. The van der Waals surface area contributed by atoms with Crippen molar-refractivity contribution in [3.05, 3.63) is 33.5 Å². The number of nitrogens with zero attached hydrogens (tertiary/aromatic N) is 4. The number of carbonyl (C=O) groups is 1. The summed E-state index contributed by atoms with van der Waals surface area (Å²) in [5.41, 5.74) is 3.89. The molecule has 0 radical (unpaired) electrons. The van der Waals surface area contributed by atoms with E-state index in [2.05, 4.69) is 31.9 Å². The standard InChI is InChI=1S/C18H25N5O3S/c1-13-15(27-12-19-13)10-23-6-7-26-18(11-23)2-4-22(5-3-18)9-14-8-20-21-16(14)17(24)25/h8,12H,2-7,9-11H2,1H3,(H,20,21)(H,24,25). The van der Waals surface area contributed by atoms with E-state index in [-0.39, 0.29) is 11.3 Å². The summed E-state index contributed by atoms with van der Waals surface area (Å²) >= 11 is 1.73. The third-order valence-electron chi connectivity index (χ3n) is 5.63. The number of aromatic amines is 1. The van der Waals surface area contributed by atoms with Gasteiger partial charge in [0.05, 0.1) is 29.6 Å². The molecule has 0 unspecified atom stereocenters. The predicted octanol–water partition coefficient (Wildman–Crippen LogP) is 1.74. The Morgan fingerprint density at radius 2 is 2.15 bits per heavy atom. The van der Waals surface area contributed by atoms with Gasteiger partial charge in [0.2, 0.25) is 0 Å². The van der Waals surface area contributed by atoms with Gasteiger partial charge in [0.1, 0.15) is 5.69 Å². The summed E-state index contributed by atoms with van der Waals surface area (Å²) < 4.78 is 6.24. The number of aromatic carboxylic acids is 1. The van der Waals surface area contributed by atoms with E-state index in [9.17, 15) is 9.90 Å². The monoisotopic (exact) mass is 391 g/mol. The number of carboxylic acid groups (broad SMARTS) is 1. The van der Waals surface area contributed by atoms with E-state index in [1.54, 1.807) is 17.5 Å². The molecule has 0 amide bonds. The topological polar surface area (TPSA) is 94.6 Å². The Morgan fingerprint density at radius 3 is 2.85 bits per heavy atom. The van der Waals surface area contributed by atoms with Gasteiger partial charge in [-0.2, -0.15) is 5.10 Å². The van der Waals surface area contributed by atoms with Crippen molar-refractivity contribution in [1.29, 1.82) is 0 Å². The number of ether oxygens (including phenoxy) is 1. The Morgan fingerprint density at radius 1 is 1.33 bits per heavy atom. The van der Waals surface area contributed by atoms with E-state index < -0.39 is 5.97 Å². The largest absolute Gasteiger partial charge is 0.477 e. The number of carboxylic acids is 1. The molecule has 8 nitrogen and oxygen atoms in total. The first-order chi connectivity index (χ1) is 13.0. The summed E-state index contributed by atoms with van der Waals surface area (Å²) in [7, 11) is 0. The summed E-state index contributed by atoms with van der Waals surface area (Å²) in [6, 6.07) is 0. The second-order valence-corrected chi connectivity index (χ2v) is 8.39. The van der Waals surface area contributed by atoms with Crippen molar-refractivity contribution in [1.82, 2.24) is 25.0 Å². The van der Waals surface area contributed by atoms with Gasteiger partial charge in [-0.15, -0.1) is 11.3 Å². The molecule has 27 heavy (non-hydrogen) atoms. The second kappa shape index (κ2) is 7.67. The Kier molecular flexibility index (Phi) is 5.27. The number of hydrogen-bond donors (Lipinski definition) is 2. The Bertz CT molecular complexity index is 797. The van der Waals surface area contributed by atoms with Crippen LogP contribution in [0, 0.1) is 6.92 Å². The lowest BCUT2D eigenvalue weighted by atomic mass is 9.89. The summed E-state index contributed by atoms with van der Waals surface area (Å²) in [5, 5.41) is 15.7. The highest BCUT2D eigenvalue weighted by Crippen LogP contribution is 2.32. The summed E-state index contributed by atoms with van der Waals surface area (Å²) in [6.07, 6.45) is 3.54. The van der Waals surface area contributed by atoms with Crippen molar-refractivity contribution in [3.8, 4) is 0 Å². The number of aromatic nitrogens is 3. The van der Waals surface area contributed by atoms with Crippen molar-refractivity contribution in [2.24, 2.45) is 0 Å². The van der Waals surface area contributed by atoms with E-state index in [0.29, 0.717) is 6.54 Å². The molecule has 2 aromatic rings. The van der Waals surface area contributed by atoms with Crippen molar-refractivity contribution in [3.63, 3.8) is 0 Å². The van der Waals surface area contributed by atoms with Gasteiger partial charge in [0.15, 0.2) is 0 Å². The van der Waals surface area contributed by atoms with Crippen molar-refractivity contribution < 1.29 is 14.6 Å². The zero-order valence-corrected chi connectivity index (χ0v) is 16.3. The Balaban J connectivity index is 1.34. The average molecular weight is 391 g/mol. The van der Waals surface area contributed by atoms with Crippen LogP contribution in [0.5, 0.6) is 0 Å². The van der Waals surface area contributed by atoms with Crippen LogP contribution in [0.15, 0.2) is 11.7 Å². The Labute approximate surface area is 162 Å². The molecule has 0 aliphatic carbocycles. The molecule has 0 bridgehead atoms. The average Bonchev–Trinajstić information content (AvgIpc) is 3.27. The number of hydrogen-bond acceptors (Lipinski definition) is 7. The highest BCUT2D eigenvalue weighted by atomic mass is 32.1. The first-order valence-electron chi connectivity index (χ1n) is 9.28. The number of likely N-dealkylation sites (tertiary alicyclic amines) is 1. The molecular weight excluding hydrogens is 366 g/mol. The number of H-pyrrole nitrogens is 1. The smallest absolute Gasteiger partial charge is 0.354 e. The fourth-order valence-corrected chi connectivity index (χ4v) is 4.84. The lowest BCUT2D eigenvalue weighted by molar-refractivity contribution is -0.138. The fraction of sp³-hybridized carbons (Fsp3) is 0.611. The molecule has 2 aromatic heterocycles. The van der Waals surface area contributed by atoms with Gasteiger partial charge in [-0.05, 0) is 19.8 Å². The van der Waals surface area contributed by atoms with Crippen LogP contribution < -0.4 is 0 Å². The maximum Gasteiger partial charge on any atom is 0.354 e. The van der Waals surface area contributed by atoms with Crippen molar-refractivity contribution >= 4 is 17.3 Å². The van der Waals surface area contributed by atoms with E-state index >= 15 is 0 Å². The lowest BCUT2D eigenvalue weighted by Gasteiger charge is -2.47. The Hall–Kier alpha value is -1.81. The maximum atomic E-state index is 11.2. The van der Waals surface area contributed by atoms with E-state index in [4.69, 9.17) is 4.74 Å². The zero-order valence-electron chi connectivity index (χ0n) is 15.5. The molecule has 2 aliphatic rings. The number of morpholine rings is 1. The molecule has 4 rings (SSSR count). The summed E-state index contributed by atoms with van der Waals surface area (Å²) in [5.74, 6) is -0.958. The van der Waals surface area contributed by atoms with Crippen LogP contribution in [-0.2, 0) is 17.8 Å². The molecule has 4 heterocycles. The molecule has 2 aliphatic heterocycles. The third-order valence-corrected chi connectivity index (χ3v) is 6.55. The molecule has 2 N–H and O–H groups in total. The van der Waals surface area contributed by atoms with Crippen LogP contribution in [0.2, 0.25) is 0 Å². The van der Waals surface area contributed by atoms with Crippen molar-refractivity contribution in [2.75, 3.05) is 32.8 Å². The molecule has 2 saturated heterocycles. The summed E-state index contributed by atoms with van der Waals surface area (Å²) in [6.45, 7) is 8.10. The quantitative estimate of drug-likeness (QED) is 0.802. The van der Waals surface area contributed by atoms with Crippen LogP contribution in [0.25, 0.3) is 0 Å². The van der Waals surface area contributed by atoms with Crippen LogP contribution in [0.3, 0.4) is 0 Å². The van der Waals surface area contributed by atoms with Crippen molar-refractivity contribution in [2.45, 2.75) is 38.5 Å². The number of rotatable bonds is 5. The maximum absolute atomic E-state index is 11.2. The van der Waals surface area contributed by atoms with Gasteiger partial charge in [-0.25, -0.2) is 9.78 Å². The zero-order chi connectivity index (χ0) is 18.9. The number of aryl methyl sites for hydroxylation is 1. The first-order valence-corrected chi connectivity index (χ1v) is 10.2. The minimum atomic E-state index is -0.958. The van der Waals surface area contributed by atoms with Crippen LogP contribution in [-0.4, -0.2) is 74.4 Å². The fourth-order valence-electron chi connectivity index (χ4n) is 4.02. The summed E-state index contributed by atoms with van der Waals surface area (Å²) in [4.78, 5) is 21.7. The molecule has 0 aromatic carbocycles. The number of thiazole rings is 1. The SMILES string of the molecule is Cc1ncsc1CN1CCOC2(CCN(Cc3cn[nH]c3C(=O)O)CC2)C1. The van der Waals surface area contributed by atoms with Gasteiger partial charge < -0.3 is 9.84 Å². The highest BCUT2D eigenvalue weighted by molar-refractivity contribution is 7.09. The minimum absolute atomic E-state index is 0.0840. The third kappa shape index (κ3) is 4.06. The molecule has 0 atom stereocenters. The van der Waals surface area contributed by atoms with Gasteiger partial charge in [-0.1, -0.05) is 0 Å². The van der Waals surface area contributed by atoms with E-state index in [1.807, 2.05) is 5.51 Å². The molecule has 2 fully saturated rings. The van der Waals surface area contributed by atoms with Crippen LogP contribution in [0.4, 0.5) is 0 Å². The molecule has 9 heteroatoms. The molecule has 1 spiro atoms. The first kappa shape index (κ1) is 18.5. The van der Waals surface area contributed by atoms with E-state index in [0.717, 1.165) is 63.4 Å². The van der Waals surface area contributed by atoms with E-state index in [1.165, 1.54) is 4.88 Å². The second-order valence-electron chi connectivity index (χ2n) is 7.45.